The summed E-state index contributed by atoms with van der Waals surface area (Å²) in [6.45, 7) is 1.28. The van der Waals surface area contributed by atoms with Gasteiger partial charge in [-0.05, 0) is 50.4 Å². The van der Waals surface area contributed by atoms with E-state index < -0.39 is 0 Å². The Labute approximate surface area is 127 Å². The Hall–Kier alpha value is -1.55. The van der Waals surface area contributed by atoms with Gasteiger partial charge in [-0.3, -0.25) is 4.79 Å². The molecule has 0 bridgehead atoms. The largest absolute Gasteiger partial charge is 0.490 e. The highest BCUT2D eigenvalue weighted by molar-refractivity contribution is 5.76. The SMILES string of the molecule is CNCCC(=O)NCc1ccc(OC2CCCCC2)cc1. The van der Waals surface area contributed by atoms with Crippen LogP contribution in [0.4, 0.5) is 0 Å². The molecule has 4 heteroatoms. The molecule has 1 aromatic rings. The minimum absolute atomic E-state index is 0.0758. The first-order chi connectivity index (χ1) is 10.3. The molecule has 21 heavy (non-hydrogen) atoms. The van der Waals surface area contributed by atoms with E-state index in [1.165, 1.54) is 32.1 Å². The minimum atomic E-state index is 0.0758. The summed E-state index contributed by atoms with van der Waals surface area (Å²) in [6.07, 6.45) is 7.13. The van der Waals surface area contributed by atoms with Gasteiger partial charge in [-0.15, -0.1) is 0 Å². The Morgan fingerprint density at radius 2 is 1.90 bits per heavy atom. The summed E-state index contributed by atoms with van der Waals surface area (Å²) in [5, 5.41) is 5.88. The number of ether oxygens (including phenoxy) is 1. The zero-order valence-corrected chi connectivity index (χ0v) is 12.9. The third-order valence-corrected chi connectivity index (χ3v) is 3.87. The molecular formula is C17H26N2O2. The number of hydrogen-bond acceptors (Lipinski definition) is 3. The van der Waals surface area contributed by atoms with Gasteiger partial charge in [-0.25, -0.2) is 0 Å². The van der Waals surface area contributed by atoms with Crippen LogP contribution in [0, 0.1) is 0 Å². The van der Waals surface area contributed by atoms with Crippen LogP contribution in [0.3, 0.4) is 0 Å². The predicted octanol–water partition coefficient (Wildman–Crippen LogP) is 2.62. The number of benzene rings is 1. The molecule has 0 heterocycles. The van der Waals surface area contributed by atoms with E-state index in [-0.39, 0.29) is 5.91 Å². The molecule has 1 saturated carbocycles. The van der Waals surface area contributed by atoms with Gasteiger partial charge in [0, 0.05) is 19.5 Å². The van der Waals surface area contributed by atoms with Crippen LogP contribution in [0.2, 0.25) is 0 Å². The van der Waals surface area contributed by atoms with Crippen molar-refractivity contribution in [2.24, 2.45) is 0 Å². The van der Waals surface area contributed by atoms with Crippen molar-refractivity contribution in [1.82, 2.24) is 10.6 Å². The number of carbonyl (C=O) groups is 1. The molecule has 116 valence electrons. The number of nitrogens with one attached hydrogen (secondary N) is 2. The van der Waals surface area contributed by atoms with Gasteiger partial charge in [-0.1, -0.05) is 18.6 Å². The number of rotatable bonds is 7. The molecule has 0 aromatic heterocycles. The summed E-state index contributed by atoms with van der Waals surface area (Å²) < 4.78 is 5.99. The third kappa shape index (κ3) is 5.76. The van der Waals surface area contributed by atoms with E-state index in [9.17, 15) is 4.79 Å². The molecule has 0 atom stereocenters. The molecule has 4 nitrogen and oxygen atoms in total. The first kappa shape index (κ1) is 15.8. The minimum Gasteiger partial charge on any atom is -0.490 e. The molecule has 1 fully saturated rings. The van der Waals surface area contributed by atoms with Crippen molar-refractivity contribution >= 4 is 5.91 Å². The number of amides is 1. The van der Waals surface area contributed by atoms with Crippen molar-refractivity contribution in [3.8, 4) is 5.75 Å². The Bertz CT molecular complexity index is 425. The first-order valence-electron chi connectivity index (χ1n) is 7.95. The molecule has 0 radical (unpaired) electrons. The van der Waals surface area contributed by atoms with E-state index in [2.05, 4.69) is 10.6 Å². The van der Waals surface area contributed by atoms with Gasteiger partial charge >= 0.3 is 0 Å². The van der Waals surface area contributed by atoms with Crippen molar-refractivity contribution in [2.45, 2.75) is 51.2 Å². The van der Waals surface area contributed by atoms with Gasteiger partial charge in [-0.2, -0.15) is 0 Å². The summed E-state index contributed by atoms with van der Waals surface area (Å²) in [6, 6.07) is 8.06. The third-order valence-electron chi connectivity index (χ3n) is 3.87. The van der Waals surface area contributed by atoms with E-state index in [0.29, 0.717) is 25.6 Å². The smallest absolute Gasteiger partial charge is 0.221 e. The van der Waals surface area contributed by atoms with Crippen LogP contribution in [-0.4, -0.2) is 25.6 Å². The van der Waals surface area contributed by atoms with E-state index in [1.54, 1.807) is 0 Å². The Morgan fingerprint density at radius 3 is 2.57 bits per heavy atom. The normalized spacial score (nSPS) is 15.7. The van der Waals surface area contributed by atoms with Crippen molar-refractivity contribution in [3.63, 3.8) is 0 Å². The zero-order chi connectivity index (χ0) is 14.9. The van der Waals surface area contributed by atoms with Crippen LogP contribution in [-0.2, 0) is 11.3 Å². The van der Waals surface area contributed by atoms with Gasteiger partial charge in [0.2, 0.25) is 5.91 Å². The van der Waals surface area contributed by atoms with Crippen molar-refractivity contribution in [2.75, 3.05) is 13.6 Å². The van der Waals surface area contributed by atoms with Gasteiger partial charge in [0.15, 0.2) is 0 Å². The lowest BCUT2D eigenvalue weighted by Crippen LogP contribution is -2.26. The summed E-state index contributed by atoms with van der Waals surface area (Å²) in [5.41, 5.74) is 1.10. The highest BCUT2D eigenvalue weighted by Gasteiger charge is 2.14. The summed E-state index contributed by atoms with van der Waals surface area (Å²) in [4.78, 5) is 11.5. The molecule has 0 aliphatic heterocycles. The number of hydrogen-bond donors (Lipinski definition) is 2. The fourth-order valence-electron chi connectivity index (χ4n) is 2.59. The van der Waals surface area contributed by atoms with Crippen LogP contribution in [0.25, 0.3) is 0 Å². The second kappa shape index (κ2) is 8.67. The van der Waals surface area contributed by atoms with Crippen molar-refractivity contribution in [3.05, 3.63) is 29.8 Å². The van der Waals surface area contributed by atoms with E-state index in [1.807, 2.05) is 31.3 Å². The van der Waals surface area contributed by atoms with Gasteiger partial charge in [0.25, 0.3) is 0 Å². The molecule has 0 spiro atoms. The van der Waals surface area contributed by atoms with E-state index in [0.717, 1.165) is 11.3 Å². The lowest BCUT2D eigenvalue weighted by Gasteiger charge is -2.23. The highest BCUT2D eigenvalue weighted by Crippen LogP contribution is 2.23. The van der Waals surface area contributed by atoms with Crippen molar-refractivity contribution in [1.29, 1.82) is 0 Å². The second-order valence-corrected chi connectivity index (χ2v) is 5.65. The molecule has 0 unspecified atom stereocenters. The average Bonchev–Trinajstić information content (AvgIpc) is 2.53. The van der Waals surface area contributed by atoms with Gasteiger partial charge in [0.05, 0.1) is 6.10 Å². The lowest BCUT2D eigenvalue weighted by molar-refractivity contribution is -0.121. The van der Waals surface area contributed by atoms with Gasteiger partial charge in [0.1, 0.15) is 5.75 Å². The van der Waals surface area contributed by atoms with Crippen LogP contribution in [0.5, 0.6) is 5.75 Å². The molecule has 2 N–H and O–H groups in total. The molecule has 1 amide bonds. The Kier molecular flexibility index (Phi) is 6.54. The molecule has 1 aliphatic carbocycles. The maximum atomic E-state index is 11.5. The summed E-state index contributed by atoms with van der Waals surface area (Å²) >= 11 is 0. The molecular weight excluding hydrogens is 264 g/mol. The summed E-state index contributed by atoms with van der Waals surface area (Å²) in [7, 11) is 1.85. The number of carbonyl (C=O) groups excluding carboxylic acids is 1. The Balaban J connectivity index is 1.74. The van der Waals surface area contributed by atoms with Crippen LogP contribution >= 0.6 is 0 Å². The molecule has 0 saturated heterocycles. The molecule has 1 aromatic carbocycles. The maximum Gasteiger partial charge on any atom is 0.221 e. The zero-order valence-electron chi connectivity index (χ0n) is 12.9. The highest BCUT2D eigenvalue weighted by atomic mass is 16.5. The standard InChI is InChI=1S/C17H26N2O2/c1-18-12-11-17(20)19-13-14-7-9-16(10-8-14)21-15-5-3-2-4-6-15/h7-10,15,18H,2-6,11-13H2,1H3,(H,19,20). The topological polar surface area (TPSA) is 50.4 Å². The average molecular weight is 290 g/mol. The van der Waals surface area contributed by atoms with Crippen LogP contribution < -0.4 is 15.4 Å². The summed E-state index contributed by atoms with van der Waals surface area (Å²) in [5.74, 6) is 1.01. The molecule has 1 aliphatic rings. The van der Waals surface area contributed by atoms with Crippen LogP contribution in [0.15, 0.2) is 24.3 Å². The monoisotopic (exact) mass is 290 g/mol. The maximum absolute atomic E-state index is 11.5. The van der Waals surface area contributed by atoms with Crippen LogP contribution in [0.1, 0.15) is 44.1 Å². The van der Waals surface area contributed by atoms with Crippen molar-refractivity contribution < 1.29 is 9.53 Å². The fourth-order valence-corrected chi connectivity index (χ4v) is 2.59. The predicted molar refractivity (Wildman–Crippen MR) is 84.3 cm³/mol. The molecule has 2 rings (SSSR count). The lowest BCUT2D eigenvalue weighted by atomic mass is 9.98. The first-order valence-corrected chi connectivity index (χ1v) is 7.95. The second-order valence-electron chi connectivity index (χ2n) is 5.65. The van der Waals surface area contributed by atoms with Gasteiger partial charge < -0.3 is 15.4 Å². The fraction of sp³-hybridized carbons (Fsp3) is 0.588. The van der Waals surface area contributed by atoms with E-state index in [4.69, 9.17) is 4.74 Å². The quantitative estimate of drug-likeness (QED) is 0.811. The van der Waals surface area contributed by atoms with E-state index >= 15 is 0 Å². The Morgan fingerprint density at radius 1 is 1.19 bits per heavy atom.